The van der Waals surface area contributed by atoms with Crippen molar-refractivity contribution in [3.8, 4) is 11.5 Å². The fourth-order valence-corrected chi connectivity index (χ4v) is 3.79. The molecule has 0 saturated heterocycles. The quantitative estimate of drug-likeness (QED) is 0.686. The summed E-state index contributed by atoms with van der Waals surface area (Å²) in [7, 11) is 0. The van der Waals surface area contributed by atoms with Crippen molar-refractivity contribution in [3.63, 3.8) is 0 Å². The minimum absolute atomic E-state index is 0.188. The van der Waals surface area contributed by atoms with Crippen LogP contribution in [0, 0.1) is 0 Å². The van der Waals surface area contributed by atoms with Gasteiger partial charge in [-0.1, -0.05) is 30.3 Å². The van der Waals surface area contributed by atoms with Crippen LogP contribution in [0.2, 0.25) is 0 Å². The second kappa shape index (κ2) is 6.60. The number of nitrogen functional groups attached to an aromatic ring is 1. The molecule has 5 rings (SSSR count). The van der Waals surface area contributed by atoms with E-state index in [9.17, 15) is 0 Å². The molecular weight excluding hydrogens is 350 g/mol. The highest BCUT2D eigenvalue weighted by atomic mass is 16.7. The number of anilines is 2. The Balaban J connectivity index is 1.71. The summed E-state index contributed by atoms with van der Waals surface area (Å²) in [6.45, 7) is 2.45. The largest absolute Gasteiger partial charge is 0.454 e. The van der Waals surface area contributed by atoms with Gasteiger partial charge in [0.15, 0.2) is 11.5 Å². The first-order valence-corrected chi connectivity index (χ1v) is 9.41. The van der Waals surface area contributed by atoms with E-state index in [2.05, 4.69) is 30.1 Å². The number of hydrazone groups is 1. The zero-order valence-corrected chi connectivity index (χ0v) is 15.6. The molecule has 140 valence electrons. The molecule has 0 spiro atoms. The van der Waals surface area contributed by atoms with Crippen molar-refractivity contribution in [2.45, 2.75) is 19.4 Å². The Hall–Kier alpha value is -3.47. The molecule has 0 saturated carbocycles. The van der Waals surface area contributed by atoms with E-state index in [1.165, 1.54) is 5.56 Å². The average Bonchev–Trinajstić information content (AvgIpc) is 3.11. The monoisotopic (exact) mass is 371 g/mol. The molecule has 1 atom stereocenters. The first-order chi connectivity index (χ1) is 13.7. The van der Waals surface area contributed by atoms with Gasteiger partial charge in [-0.25, -0.2) is 0 Å². The first-order valence-electron chi connectivity index (χ1n) is 9.41. The van der Waals surface area contributed by atoms with E-state index in [1.54, 1.807) is 0 Å². The minimum Gasteiger partial charge on any atom is -0.454 e. The van der Waals surface area contributed by atoms with Crippen LogP contribution in [-0.2, 0) is 6.42 Å². The zero-order valence-electron chi connectivity index (χ0n) is 15.6. The summed E-state index contributed by atoms with van der Waals surface area (Å²) in [6.07, 6.45) is 0.850. The highest BCUT2D eigenvalue weighted by Gasteiger charge is 2.27. The summed E-state index contributed by atoms with van der Waals surface area (Å²) in [4.78, 5) is 0. The lowest BCUT2D eigenvalue weighted by atomic mass is 9.94. The summed E-state index contributed by atoms with van der Waals surface area (Å²) in [5.41, 5.74) is 11.9. The van der Waals surface area contributed by atoms with Gasteiger partial charge in [0, 0.05) is 16.8 Å². The van der Waals surface area contributed by atoms with E-state index in [4.69, 9.17) is 20.3 Å². The maximum Gasteiger partial charge on any atom is 0.231 e. The van der Waals surface area contributed by atoms with Gasteiger partial charge in [-0.05, 0) is 55.3 Å². The third kappa shape index (κ3) is 2.85. The molecule has 0 radical (unpaired) electrons. The van der Waals surface area contributed by atoms with Crippen LogP contribution in [-0.4, -0.2) is 18.5 Å². The average molecular weight is 371 g/mol. The van der Waals surface area contributed by atoms with Crippen LogP contribution < -0.4 is 20.2 Å². The van der Waals surface area contributed by atoms with Gasteiger partial charge in [0.1, 0.15) is 0 Å². The molecule has 3 aromatic rings. The predicted octanol–water partition coefficient (Wildman–Crippen LogP) is 4.20. The van der Waals surface area contributed by atoms with Crippen LogP contribution in [0.25, 0.3) is 0 Å². The van der Waals surface area contributed by atoms with Crippen molar-refractivity contribution in [2.24, 2.45) is 5.10 Å². The number of nitrogens with two attached hydrogens (primary N) is 1. The SMILES string of the molecule is C[C@@H]1Cc2cc3c(cc2C(c2ccc(N)cc2)=NN1c1ccccc1)OCO3. The van der Waals surface area contributed by atoms with E-state index in [0.29, 0.717) is 0 Å². The van der Waals surface area contributed by atoms with Gasteiger partial charge in [0.05, 0.1) is 17.4 Å². The Labute approximate surface area is 164 Å². The lowest BCUT2D eigenvalue weighted by Crippen LogP contribution is -2.29. The van der Waals surface area contributed by atoms with E-state index < -0.39 is 0 Å². The number of nitrogens with zero attached hydrogens (tertiary/aromatic N) is 2. The van der Waals surface area contributed by atoms with Crippen LogP contribution in [0.3, 0.4) is 0 Å². The Bertz CT molecular complexity index is 1050. The van der Waals surface area contributed by atoms with E-state index >= 15 is 0 Å². The maximum absolute atomic E-state index is 5.91. The normalized spacial score (nSPS) is 17.7. The summed E-state index contributed by atoms with van der Waals surface area (Å²) in [6, 6.07) is 22.4. The molecule has 0 aromatic heterocycles. The Morgan fingerprint density at radius 2 is 1.68 bits per heavy atom. The maximum atomic E-state index is 5.91. The molecule has 5 heteroatoms. The van der Waals surface area contributed by atoms with Gasteiger partial charge in [0.25, 0.3) is 0 Å². The number of hydrogen-bond donors (Lipinski definition) is 1. The predicted molar refractivity (Wildman–Crippen MR) is 111 cm³/mol. The molecule has 0 fully saturated rings. The molecule has 0 unspecified atom stereocenters. The number of ether oxygens (including phenoxy) is 2. The standard InChI is InChI=1S/C23H21N3O2/c1-15-11-17-12-21-22(28-14-27-21)13-20(17)23(16-7-9-18(24)10-8-16)25-26(15)19-5-3-2-4-6-19/h2-10,12-13,15H,11,14,24H2,1H3/t15-/m1/s1. The van der Waals surface area contributed by atoms with Gasteiger partial charge in [-0.2, -0.15) is 5.10 Å². The third-order valence-electron chi connectivity index (χ3n) is 5.20. The Morgan fingerprint density at radius 3 is 2.43 bits per heavy atom. The van der Waals surface area contributed by atoms with Crippen LogP contribution in [0.5, 0.6) is 11.5 Å². The van der Waals surface area contributed by atoms with E-state index in [1.807, 2.05) is 48.5 Å². The zero-order chi connectivity index (χ0) is 19.1. The Morgan fingerprint density at radius 1 is 0.964 bits per heavy atom. The molecule has 3 aromatic carbocycles. The summed E-state index contributed by atoms with van der Waals surface area (Å²) in [5.74, 6) is 1.57. The number of hydrogen-bond acceptors (Lipinski definition) is 5. The van der Waals surface area contributed by atoms with Gasteiger partial charge in [-0.3, -0.25) is 5.01 Å². The fraction of sp³-hybridized carbons (Fsp3) is 0.174. The number of rotatable bonds is 2. The molecule has 28 heavy (non-hydrogen) atoms. The fourth-order valence-electron chi connectivity index (χ4n) is 3.79. The summed E-state index contributed by atoms with van der Waals surface area (Å²) < 4.78 is 11.3. The highest BCUT2D eigenvalue weighted by Crippen LogP contribution is 2.38. The lowest BCUT2D eigenvalue weighted by molar-refractivity contribution is 0.174. The van der Waals surface area contributed by atoms with E-state index in [-0.39, 0.29) is 12.8 Å². The topological polar surface area (TPSA) is 60.1 Å². The van der Waals surface area contributed by atoms with Crippen LogP contribution >= 0.6 is 0 Å². The smallest absolute Gasteiger partial charge is 0.231 e. The molecule has 2 N–H and O–H groups in total. The van der Waals surface area contributed by atoms with Gasteiger partial charge in [-0.15, -0.1) is 0 Å². The van der Waals surface area contributed by atoms with Crippen molar-refractivity contribution in [3.05, 3.63) is 83.4 Å². The molecule has 0 amide bonds. The summed E-state index contributed by atoms with van der Waals surface area (Å²) >= 11 is 0. The number of para-hydroxylation sites is 1. The molecule has 2 aliphatic heterocycles. The van der Waals surface area contributed by atoms with Crippen molar-refractivity contribution < 1.29 is 9.47 Å². The van der Waals surface area contributed by atoms with Crippen LogP contribution in [0.1, 0.15) is 23.6 Å². The molecule has 0 bridgehead atoms. The minimum atomic E-state index is 0.188. The van der Waals surface area contributed by atoms with Gasteiger partial charge < -0.3 is 15.2 Å². The van der Waals surface area contributed by atoms with Crippen LogP contribution in [0.15, 0.2) is 71.8 Å². The molecule has 2 heterocycles. The van der Waals surface area contributed by atoms with Crippen molar-refractivity contribution in [1.29, 1.82) is 0 Å². The highest BCUT2D eigenvalue weighted by molar-refractivity contribution is 6.14. The Kier molecular flexibility index (Phi) is 3.93. The first kappa shape index (κ1) is 16.7. The second-order valence-corrected chi connectivity index (χ2v) is 7.17. The third-order valence-corrected chi connectivity index (χ3v) is 5.20. The van der Waals surface area contributed by atoms with Crippen molar-refractivity contribution in [1.82, 2.24) is 0 Å². The van der Waals surface area contributed by atoms with Crippen LogP contribution in [0.4, 0.5) is 11.4 Å². The molecule has 5 nitrogen and oxygen atoms in total. The van der Waals surface area contributed by atoms with Gasteiger partial charge in [0.2, 0.25) is 6.79 Å². The second-order valence-electron chi connectivity index (χ2n) is 7.17. The number of benzene rings is 3. The molecule has 0 aliphatic carbocycles. The summed E-state index contributed by atoms with van der Waals surface area (Å²) in [5, 5.41) is 7.20. The van der Waals surface area contributed by atoms with E-state index in [0.717, 1.165) is 46.1 Å². The number of fused-ring (bicyclic) bond motifs is 2. The molecule has 2 aliphatic rings. The van der Waals surface area contributed by atoms with Crippen molar-refractivity contribution in [2.75, 3.05) is 17.5 Å². The van der Waals surface area contributed by atoms with Gasteiger partial charge >= 0.3 is 0 Å². The van der Waals surface area contributed by atoms with Crippen molar-refractivity contribution >= 4 is 17.1 Å². The lowest BCUT2D eigenvalue weighted by Gasteiger charge is -2.25. The molecular formula is C23H21N3O2.